The summed E-state index contributed by atoms with van der Waals surface area (Å²) in [7, 11) is 0. The Morgan fingerprint density at radius 2 is 1.92 bits per heavy atom. The van der Waals surface area contributed by atoms with Gasteiger partial charge in [0.25, 0.3) is 5.91 Å². The Kier molecular flexibility index (Phi) is 4.81. The van der Waals surface area contributed by atoms with Crippen molar-refractivity contribution in [3.05, 3.63) is 47.0 Å². The monoisotopic (exact) mass is 347 g/mol. The van der Waals surface area contributed by atoms with Gasteiger partial charge in [-0.15, -0.1) is 0 Å². The second-order valence-electron chi connectivity index (χ2n) is 5.52. The summed E-state index contributed by atoms with van der Waals surface area (Å²) in [6.07, 6.45) is -0.654. The summed E-state index contributed by atoms with van der Waals surface area (Å²) < 4.78 is 16.6. The molecular weight excluding hydrogens is 330 g/mol. The fourth-order valence-corrected chi connectivity index (χ4v) is 2.43. The third-order valence-electron chi connectivity index (χ3n) is 3.62. The van der Waals surface area contributed by atoms with Crippen molar-refractivity contribution < 1.29 is 19.0 Å². The number of benzene rings is 2. The number of amides is 1. The van der Waals surface area contributed by atoms with E-state index in [9.17, 15) is 4.79 Å². The highest BCUT2D eigenvalue weighted by molar-refractivity contribution is 6.31. The van der Waals surface area contributed by atoms with E-state index in [0.29, 0.717) is 41.2 Å². The molecule has 3 rings (SSSR count). The molecule has 1 heterocycles. The van der Waals surface area contributed by atoms with Gasteiger partial charge in [-0.25, -0.2) is 0 Å². The highest BCUT2D eigenvalue weighted by Gasteiger charge is 2.17. The van der Waals surface area contributed by atoms with E-state index in [2.05, 4.69) is 5.32 Å². The molecule has 0 fully saturated rings. The summed E-state index contributed by atoms with van der Waals surface area (Å²) in [6.45, 7) is 4.61. The minimum Gasteiger partial charge on any atom is -0.486 e. The summed E-state index contributed by atoms with van der Waals surface area (Å²) in [4.78, 5) is 12.3. The van der Waals surface area contributed by atoms with E-state index in [-0.39, 0.29) is 5.91 Å². The molecule has 2 aromatic rings. The molecule has 1 N–H and O–H groups in total. The van der Waals surface area contributed by atoms with E-state index >= 15 is 0 Å². The summed E-state index contributed by atoms with van der Waals surface area (Å²) in [5.41, 5.74) is 1.53. The van der Waals surface area contributed by atoms with Crippen molar-refractivity contribution in [3.63, 3.8) is 0 Å². The lowest BCUT2D eigenvalue weighted by atomic mass is 10.2. The Morgan fingerprint density at radius 1 is 1.17 bits per heavy atom. The summed E-state index contributed by atoms with van der Waals surface area (Å²) in [6, 6.07) is 10.6. The van der Waals surface area contributed by atoms with Gasteiger partial charge in [0.15, 0.2) is 17.6 Å². The molecule has 0 radical (unpaired) electrons. The second-order valence-corrected chi connectivity index (χ2v) is 5.93. The first kappa shape index (κ1) is 16.5. The predicted octanol–water partition coefficient (Wildman–Crippen LogP) is 3.83. The minimum absolute atomic E-state index is 0.251. The average Bonchev–Trinajstić information content (AvgIpc) is 2.58. The number of carbonyl (C=O) groups is 1. The van der Waals surface area contributed by atoms with E-state index in [1.54, 1.807) is 43.3 Å². The van der Waals surface area contributed by atoms with Crippen LogP contribution in [0.3, 0.4) is 0 Å². The van der Waals surface area contributed by atoms with Crippen molar-refractivity contribution in [2.45, 2.75) is 20.0 Å². The van der Waals surface area contributed by atoms with Gasteiger partial charge in [-0.05, 0) is 49.7 Å². The van der Waals surface area contributed by atoms with Crippen molar-refractivity contribution in [3.8, 4) is 17.2 Å². The maximum absolute atomic E-state index is 12.3. The number of anilines is 1. The van der Waals surface area contributed by atoms with Gasteiger partial charge >= 0.3 is 0 Å². The normalized spacial score (nSPS) is 14.0. The molecule has 126 valence electrons. The number of nitrogens with one attached hydrogen (secondary N) is 1. The van der Waals surface area contributed by atoms with Gasteiger partial charge in [0.2, 0.25) is 0 Å². The van der Waals surface area contributed by atoms with Crippen LogP contribution in [-0.2, 0) is 4.79 Å². The Hall–Kier alpha value is -2.40. The van der Waals surface area contributed by atoms with E-state index < -0.39 is 6.10 Å². The van der Waals surface area contributed by atoms with Crippen molar-refractivity contribution in [2.24, 2.45) is 0 Å². The van der Waals surface area contributed by atoms with Gasteiger partial charge in [-0.2, -0.15) is 0 Å². The first-order valence-electron chi connectivity index (χ1n) is 7.66. The SMILES string of the molecule is Cc1cc(O[C@H](C)C(=O)Nc2ccc3c(c2)OCCO3)ccc1Cl. The van der Waals surface area contributed by atoms with Crippen molar-refractivity contribution >= 4 is 23.2 Å². The zero-order valence-electron chi connectivity index (χ0n) is 13.5. The largest absolute Gasteiger partial charge is 0.486 e. The lowest BCUT2D eigenvalue weighted by molar-refractivity contribution is -0.122. The van der Waals surface area contributed by atoms with Crippen LogP contribution in [0.2, 0.25) is 5.02 Å². The van der Waals surface area contributed by atoms with Crippen LogP contribution in [0.5, 0.6) is 17.2 Å². The fourth-order valence-electron chi connectivity index (χ4n) is 2.31. The van der Waals surface area contributed by atoms with Crippen LogP contribution >= 0.6 is 11.6 Å². The smallest absolute Gasteiger partial charge is 0.265 e. The number of ether oxygens (including phenoxy) is 3. The molecule has 2 aromatic carbocycles. The zero-order chi connectivity index (χ0) is 17.1. The van der Waals surface area contributed by atoms with Gasteiger partial charge in [0.05, 0.1) is 0 Å². The number of carbonyl (C=O) groups excluding carboxylic acids is 1. The molecule has 0 unspecified atom stereocenters. The number of aryl methyl sites for hydroxylation is 1. The van der Waals surface area contributed by atoms with Crippen LogP contribution in [0.25, 0.3) is 0 Å². The molecule has 0 saturated carbocycles. The Balaban J connectivity index is 1.64. The standard InChI is InChI=1S/C18H18ClNO4/c1-11-9-14(4-5-15(11)19)24-12(2)18(21)20-13-3-6-16-17(10-13)23-8-7-22-16/h3-6,9-10,12H,7-8H2,1-2H3,(H,20,21)/t12-/m1/s1. The second kappa shape index (κ2) is 7.01. The van der Waals surface area contributed by atoms with Crippen LogP contribution in [0.15, 0.2) is 36.4 Å². The molecule has 0 saturated heterocycles. The van der Waals surface area contributed by atoms with Crippen molar-refractivity contribution in [1.82, 2.24) is 0 Å². The highest BCUT2D eigenvalue weighted by Crippen LogP contribution is 2.32. The molecule has 1 atom stereocenters. The lowest BCUT2D eigenvalue weighted by Gasteiger charge is -2.20. The van der Waals surface area contributed by atoms with E-state index in [0.717, 1.165) is 5.56 Å². The predicted molar refractivity (Wildman–Crippen MR) is 92.3 cm³/mol. The number of fused-ring (bicyclic) bond motifs is 1. The maximum Gasteiger partial charge on any atom is 0.265 e. The Morgan fingerprint density at radius 3 is 2.67 bits per heavy atom. The van der Waals surface area contributed by atoms with Gasteiger partial charge in [-0.3, -0.25) is 4.79 Å². The fraction of sp³-hybridized carbons (Fsp3) is 0.278. The molecule has 5 nitrogen and oxygen atoms in total. The minimum atomic E-state index is -0.654. The van der Waals surface area contributed by atoms with Crippen LogP contribution < -0.4 is 19.5 Å². The van der Waals surface area contributed by atoms with Gasteiger partial charge < -0.3 is 19.5 Å². The first-order valence-corrected chi connectivity index (χ1v) is 8.04. The van der Waals surface area contributed by atoms with Crippen LogP contribution in [0, 0.1) is 6.92 Å². The molecule has 6 heteroatoms. The van der Waals surface area contributed by atoms with E-state index in [1.165, 1.54) is 0 Å². The molecule has 0 aromatic heterocycles. The van der Waals surface area contributed by atoms with Crippen LogP contribution in [-0.4, -0.2) is 25.2 Å². The molecule has 1 aliphatic heterocycles. The molecular formula is C18H18ClNO4. The van der Waals surface area contributed by atoms with Gasteiger partial charge in [0.1, 0.15) is 19.0 Å². The van der Waals surface area contributed by atoms with Gasteiger partial charge in [0, 0.05) is 16.8 Å². The zero-order valence-corrected chi connectivity index (χ0v) is 14.2. The first-order chi connectivity index (χ1) is 11.5. The number of hydrogen-bond donors (Lipinski definition) is 1. The molecule has 0 spiro atoms. The van der Waals surface area contributed by atoms with E-state index in [4.69, 9.17) is 25.8 Å². The highest BCUT2D eigenvalue weighted by atomic mass is 35.5. The lowest BCUT2D eigenvalue weighted by Crippen LogP contribution is -2.30. The Bertz CT molecular complexity index is 763. The van der Waals surface area contributed by atoms with Gasteiger partial charge in [-0.1, -0.05) is 11.6 Å². The summed E-state index contributed by atoms with van der Waals surface area (Å²) in [5, 5.41) is 3.48. The molecule has 0 bridgehead atoms. The van der Waals surface area contributed by atoms with Crippen LogP contribution in [0.4, 0.5) is 5.69 Å². The van der Waals surface area contributed by atoms with E-state index in [1.807, 2.05) is 6.92 Å². The molecule has 24 heavy (non-hydrogen) atoms. The number of hydrogen-bond acceptors (Lipinski definition) is 4. The summed E-state index contributed by atoms with van der Waals surface area (Å²) in [5.74, 6) is 1.65. The van der Waals surface area contributed by atoms with Crippen LogP contribution in [0.1, 0.15) is 12.5 Å². The molecule has 0 aliphatic carbocycles. The van der Waals surface area contributed by atoms with Crippen molar-refractivity contribution in [1.29, 1.82) is 0 Å². The maximum atomic E-state index is 12.3. The third kappa shape index (κ3) is 3.74. The quantitative estimate of drug-likeness (QED) is 0.913. The Labute approximate surface area is 145 Å². The topological polar surface area (TPSA) is 56.8 Å². The molecule has 1 amide bonds. The number of halogens is 1. The number of rotatable bonds is 4. The summed E-state index contributed by atoms with van der Waals surface area (Å²) >= 11 is 5.99. The van der Waals surface area contributed by atoms with Crippen molar-refractivity contribution in [2.75, 3.05) is 18.5 Å². The third-order valence-corrected chi connectivity index (χ3v) is 4.05. The molecule has 1 aliphatic rings. The average molecular weight is 348 g/mol.